The average Bonchev–Trinajstić information content (AvgIpc) is 3.45. The van der Waals surface area contributed by atoms with Gasteiger partial charge in [-0.15, -0.1) is 0 Å². The molecule has 136 valence electrons. The van der Waals surface area contributed by atoms with Crippen LogP contribution in [0.1, 0.15) is 40.0 Å². The van der Waals surface area contributed by atoms with Gasteiger partial charge in [0, 0.05) is 14.2 Å². The highest BCUT2D eigenvalue weighted by molar-refractivity contribution is 5.67. The molecular formula is C18H29NO5. The summed E-state index contributed by atoms with van der Waals surface area (Å²) in [5.74, 6) is 0.0639. The molecule has 1 spiro atoms. The van der Waals surface area contributed by atoms with Crippen molar-refractivity contribution in [3.05, 3.63) is 11.6 Å². The van der Waals surface area contributed by atoms with Crippen molar-refractivity contribution in [2.45, 2.75) is 69.5 Å². The van der Waals surface area contributed by atoms with Crippen LogP contribution in [0.2, 0.25) is 0 Å². The Morgan fingerprint density at radius 3 is 2.67 bits per heavy atom. The fourth-order valence-corrected chi connectivity index (χ4v) is 4.27. The minimum Gasteiger partial charge on any atom is -0.443 e. The summed E-state index contributed by atoms with van der Waals surface area (Å²) in [5.41, 5.74) is 0.809. The maximum Gasteiger partial charge on any atom is 0.407 e. The highest BCUT2D eigenvalue weighted by atomic mass is 16.6. The molecule has 6 atom stereocenters. The lowest BCUT2D eigenvalue weighted by Crippen LogP contribution is -2.56. The van der Waals surface area contributed by atoms with E-state index in [-0.39, 0.29) is 35.4 Å². The van der Waals surface area contributed by atoms with E-state index < -0.39 is 6.09 Å². The van der Waals surface area contributed by atoms with Crippen LogP contribution in [-0.2, 0) is 18.9 Å². The van der Waals surface area contributed by atoms with Gasteiger partial charge in [-0.2, -0.15) is 0 Å². The molecule has 0 aromatic rings. The van der Waals surface area contributed by atoms with Crippen LogP contribution in [0.5, 0.6) is 0 Å². The average molecular weight is 339 g/mol. The number of epoxide rings is 2. The molecule has 2 saturated heterocycles. The Hall–Kier alpha value is -1.11. The number of ether oxygens (including phenoxy) is 4. The molecule has 2 heterocycles. The maximum absolute atomic E-state index is 11.7. The standard InChI is InChI=1S/C18H29NO5/c1-11(2)6-7-13-17(3,24-13)15-14(21-5)12(23-16(20)19-4)8-9-18(15)10-22-18/h6,12-15H,7-10H2,1-5H3,(H,19,20)/t12?,13-,14?,15?,17-,18+/m1/s1. The summed E-state index contributed by atoms with van der Waals surface area (Å²) in [7, 11) is 3.24. The Bertz CT molecular complexity index is 526. The second kappa shape index (κ2) is 6.32. The number of amides is 1. The van der Waals surface area contributed by atoms with E-state index in [0.717, 1.165) is 25.9 Å². The van der Waals surface area contributed by atoms with Crippen molar-refractivity contribution in [1.29, 1.82) is 0 Å². The molecule has 0 radical (unpaired) electrons. The molecule has 0 aromatic carbocycles. The normalized spacial score (nSPS) is 43.2. The van der Waals surface area contributed by atoms with Crippen LogP contribution in [0.4, 0.5) is 4.79 Å². The zero-order chi connectivity index (χ0) is 17.5. The van der Waals surface area contributed by atoms with Crippen LogP contribution < -0.4 is 5.32 Å². The first-order valence-corrected chi connectivity index (χ1v) is 8.72. The highest BCUT2D eigenvalue weighted by Gasteiger charge is 2.72. The van der Waals surface area contributed by atoms with Crippen molar-refractivity contribution in [2.75, 3.05) is 20.8 Å². The number of allylic oxidation sites excluding steroid dienone is 1. The van der Waals surface area contributed by atoms with Gasteiger partial charge in [0.1, 0.15) is 23.4 Å². The first kappa shape index (κ1) is 17.7. The van der Waals surface area contributed by atoms with Gasteiger partial charge in [0.15, 0.2) is 0 Å². The van der Waals surface area contributed by atoms with Crippen LogP contribution in [-0.4, -0.2) is 56.4 Å². The summed E-state index contributed by atoms with van der Waals surface area (Å²) in [6.07, 6.45) is 3.96. The van der Waals surface area contributed by atoms with E-state index >= 15 is 0 Å². The van der Waals surface area contributed by atoms with E-state index in [1.165, 1.54) is 5.57 Å². The number of methoxy groups -OCH3 is 1. The molecule has 0 bridgehead atoms. The van der Waals surface area contributed by atoms with Gasteiger partial charge >= 0.3 is 6.09 Å². The van der Waals surface area contributed by atoms with E-state index in [9.17, 15) is 4.79 Å². The molecule has 6 heteroatoms. The number of nitrogens with one attached hydrogen (secondary N) is 1. The van der Waals surface area contributed by atoms with Gasteiger partial charge in [-0.25, -0.2) is 4.79 Å². The molecule has 3 unspecified atom stereocenters. The van der Waals surface area contributed by atoms with Gasteiger partial charge < -0.3 is 24.3 Å². The summed E-state index contributed by atoms with van der Waals surface area (Å²) < 4.78 is 23.3. The van der Waals surface area contributed by atoms with Crippen LogP contribution >= 0.6 is 0 Å². The molecule has 1 amide bonds. The summed E-state index contributed by atoms with van der Waals surface area (Å²) in [6, 6.07) is 0. The minimum absolute atomic E-state index is 0.0639. The van der Waals surface area contributed by atoms with Gasteiger partial charge in [0.2, 0.25) is 0 Å². The van der Waals surface area contributed by atoms with E-state index in [4.69, 9.17) is 18.9 Å². The van der Waals surface area contributed by atoms with Gasteiger partial charge in [-0.05, 0) is 40.0 Å². The fraction of sp³-hybridized carbons (Fsp3) is 0.833. The van der Waals surface area contributed by atoms with E-state index in [1.807, 2.05) is 0 Å². The van der Waals surface area contributed by atoms with Crippen molar-refractivity contribution in [3.8, 4) is 0 Å². The first-order chi connectivity index (χ1) is 11.4. The third-order valence-corrected chi connectivity index (χ3v) is 5.70. The summed E-state index contributed by atoms with van der Waals surface area (Å²) in [5, 5.41) is 2.52. The zero-order valence-corrected chi connectivity index (χ0v) is 15.3. The number of alkyl carbamates (subject to hydrolysis) is 1. The predicted molar refractivity (Wildman–Crippen MR) is 88.9 cm³/mol. The number of carbonyl (C=O) groups is 1. The summed E-state index contributed by atoms with van der Waals surface area (Å²) in [6.45, 7) is 7.06. The van der Waals surface area contributed by atoms with Gasteiger partial charge in [-0.3, -0.25) is 0 Å². The Morgan fingerprint density at radius 2 is 2.12 bits per heavy atom. The van der Waals surface area contributed by atoms with Crippen molar-refractivity contribution in [2.24, 2.45) is 5.92 Å². The molecule has 1 N–H and O–H groups in total. The number of hydrogen-bond acceptors (Lipinski definition) is 5. The van der Waals surface area contributed by atoms with Crippen molar-refractivity contribution >= 4 is 6.09 Å². The lowest BCUT2D eigenvalue weighted by molar-refractivity contribution is -0.117. The first-order valence-electron chi connectivity index (χ1n) is 8.72. The Morgan fingerprint density at radius 1 is 1.42 bits per heavy atom. The Labute approximate surface area is 143 Å². The highest BCUT2D eigenvalue weighted by Crippen LogP contribution is 2.59. The van der Waals surface area contributed by atoms with Crippen molar-refractivity contribution in [1.82, 2.24) is 5.32 Å². The van der Waals surface area contributed by atoms with Gasteiger partial charge in [0.25, 0.3) is 0 Å². The van der Waals surface area contributed by atoms with E-state index in [2.05, 4.69) is 32.2 Å². The van der Waals surface area contributed by atoms with Crippen LogP contribution in [0.15, 0.2) is 11.6 Å². The monoisotopic (exact) mass is 339 g/mol. The van der Waals surface area contributed by atoms with E-state index in [0.29, 0.717) is 0 Å². The van der Waals surface area contributed by atoms with Crippen LogP contribution in [0.25, 0.3) is 0 Å². The molecule has 3 aliphatic rings. The number of rotatable bonds is 5. The van der Waals surface area contributed by atoms with Crippen LogP contribution in [0, 0.1) is 5.92 Å². The molecule has 6 nitrogen and oxygen atoms in total. The molecule has 24 heavy (non-hydrogen) atoms. The topological polar surface area (TPSA) is 72.6 Å². The van der Waals surface area contributed by atoms with Gasteiger partial charge in [0.05, 0.1) is 18.6 Å². The molecule has 0 aromatic heterocycles. The third kappa shape index (κ3) is 3.07. The smallest absolute Gasteiger partial charge is 0.407 e. The van der Waals surface area contributed by atoms with Crippen molar-refractivity contribution in [3.63, 3.8) is 0 Å². The van der Waals surface area contributed by atoms with E-state index in [1.54, 1.807) is 14.2 Å². The number of carbonyl (C=O) groups excluding carboxylic acids is 1. The number of hydrogen-bond donors (Lipinski definition) is 1. The summed E-state index contributed by atoms with van der Waals surface area (Å²) in [4.78, 5) is 11.7. The lowest BCUT2D eigenvalue weighted by atomic mass is 9.68. The largest absolute Gasteiger partial charge is 0.443 e. The lowest BCUT2D eigenvalue weighted by Gasteiger charge is -2.42. The fourth-order valence-electron chi connectivity index (χ4n) is 4.27. The molecule has 3 fully saturated rings. The third-order valence-electron chi connectivity index (χ3n) is 5.70. The molecule has 2 aliphatic heterocycles. The van der Waals surface area contributed by atoms with Crippen LogP contribution in [0.3, 0.4) is 0 Å². The Kier molecular flexibility index (Phi) is 4.66. The SMILES string of the molecule is CNC(=O)OC1CC[C@]2(CO2)C([C@]2(C)O[C@@H]2CC=C(C)C)C1OC. The predicted octanol–water partition coefficient (Wildman–Crippen LogP) is 2.42. The molecule has 1 saturated carbocycles. The quantitative estimate of drug-likeness (QED) is 0.615. The molecular weight excluding hydrogens is 310 g/mol. The minimum atomic E-state index is -0.420. The zero-order valence-electron chi connectivity index (χ0n) is 15.3. The van der Waals surface area contributed by atoms with Gasteiger partial charge in [-0.1, -0.05) is 11.6 Å². The summed E-state index contributed by atoms with van der Waals surface area (Å²) >= 11 is 0. The maximum atomic E-state index is 11.7. The second-order valence-corrected chi connectivity index (χ2v) is 7.57. The molecule has 1 aliphatic carbocycles. The Balaban J connectivity index is 1.78. The van der Waals surface area contributed by atoms with Crippen molar-refractivity contribution < 1.29 is 23.7 Å². The second-order valence-electron chi connectivity index (χ2n) is 7.57. The molecule has 3 rings (SSSR count).